The van der Waals surface area contributed by atoms with Crippen molar-refractivity contribution in [1.29, 1.82) is 0 Å². The van der Waals surface area contributed by atoms with Crippen LogP contribution in [0.1, 0.15) is 6.92 Å². The van der Waals surface area contributed by atoms with Gasteiger partial charge < -0.3 is 4.74 Å². The molecule has 0 aliphatic rings. The Hall–Kier alpha value is -1.85. The third-order valence-corrected chi connectivity index (χ3v) is 1.60. The lowest BCUT2D eigenvalue weighted by Crippen LogP contribution is -1.86. The topological polar surface area (TPSA) is 96.1 Å². The van der Waals surface area contributed by atoms with E-state index in [-0.39, 0.29) is 16.7 Å². The van der Waals surface area contributed by atoms with E-state index in [1.165, 1.54) is 12.7 Å². The molecule has 0 saturated carbocycles. The maximum absolute atomic E-state index is 8.28. The molecule has 1 heterocycles. The lowest BCUT2D eigenvalue weighted by Gasteiger charge is -1.99. The van der Waals surface area contributed by atoms with E-state index in [1.54, 1.807) is 0 Å². The highest BCUT2D eigenvalue weighted by Crippen LogP contribution is 2.30. The van der Waals surface area contributed by atoms with Gasteiger partial charge in [-0.05, 0) is 17.6 Å². The lowest BCUT2D eigenvalue weighted by atomic mass is 10.5. The first kappa shape index (κ1) is 11.2. The van der Waals surface area contributed by atoms with Crippen molar-refractivity contribution < 1.29 is 4.74 Å². The van der Waals surface area contributed by atoms with Crippen LogP contribution in [0.5, 0.6) is 0 Å². The summed E-state index contributed by atoms with van der Waals surface area (Å²) >= 11 is 5.74. The number of hydrogen-bond acceptors (Lipinski definition) is 5. The monoisotopic (exact) mass is 226 g/mol. The molecule has 0 bridgehead atoms. The SMILES string of the molecule is CCOC=Nc1c(Cl)ncnc1N=[N+]=[N-]. The van der Waals surface area contributed by atoms with Gasteiger partial charge >= 0.3 is 0 Å². The van der Waals surface area contributed by atoms with E-state index in [0.29, 0.717) is 6.61 Å². The van der Waals surface area contributed by atoms with Crippen molar-refractivity contribution in [2.75, 3.05) is 6.61 Å². The van der Waals surface area contributed by atoms with Crippen molar-refractivity contribution in [3.63, 3.8) is 0 Å². The summed E-state index contributed by atoms with van der Waals surface area (Å²) in [6.07, 6.45) is 2.38. The first-order chi connectivity index (χ1) is 7.29. The summed E-state index contributed by atoms with van der Waals surface area (Å²) in [7, 11) is 0. The molecule has 0 amide bonds. The van der Waals surface area contributed by atoms with E-state index in [2.05, 4.69) is 25.0 Å². The summed E-state index contributed by atoms with van der Waals surface area (Å²) in [5.74, 6) is 0.0634. The molecular weight excluding hydrogens is 220 g/mol. The number of ether oxygens (including phenoxy) is 1. The smallest absolute Gasteiger partial charge is 0.174 e. The zero-order valence-corrected chi connectivity index (χ0v) is 8.59. The fourth-order valence-electron chi connectivity index (χ4n) is 0.740. The van der Waals surface area contributed by atoms with Gasteiger partial charge in [0, 0.05) is 4.91 Å². The van der Waals surface area contributed by atoms with Gasteiger partial charge in [0.15, 0.2) is 17.4 Å². The average Bonchev–Trinajstić information content (AvgIpc) is 2.23. The molecule has 7 nitrogen and oxygen atoms in total. The Balaban J connectivity index is 3.07. The van der Waals surface area contributed by atoms with E-state index in [1.807, 2.05) is 6.92 Å². The highest BCUT2D eigenvalue weighted by molar-refractivity contribution is 6.32. The van der Waals surface area contributed by atoms with Crippen LogP contribution in [0.25, 0.3) is 10.4 Å². The second-order valence-corrected chi connectivity index (χ2v) is 2.57. The number of halogens is 1. The second-order valence-electron chi connectivity index (χ2n) is 2.22. The van der Waals surface area contributed by atoms with Crippen LogP contribution in [-0.2, 0) is 4.74 Å². The fraction of sp³-hybridized carbons (Fsp3) is 0.286. The molecular formula is C7H7ClN6O. The molecule has 0 saturated heterocycles. The zero-order valence-electron chi connectivity index (χ0n) is 7.83. The molecule has 8 heteroatoms. The molecule has 1 aromatic rings. The summed E-state index contributed by atoms with van der Waals surface area (Å²) in [5, 5.41) is 3.42. The number of hydrogen-bond donors (Lipinski definition) is 0. The molecule has 0 aromatic carbocycles. The van der Waals surface area contributed by atoms with Gasteiger partial charge in [0.2, 0.25) is 0 Å². The minimum absolute atomic E-state index is 0.0634. The molecule has 0 spiro atoms. The van der Waals surface area contributed by atoms with Crippen LogP contribution >= 0.6 is 11.6 Å². The lowest BCUT2D eigenvalue weighted by molar-refractivity contribution is 0.344. The first-order valence-corrected chi connectivity index (χ1v) is 4.37. The molecule has 78 valence electrons. The molecule has 0 atom stereocenters. The fourth-order valence-corrected chi connectivity index (χ4v) is 0.917. The molecule has 15 heavy (non-hydrogen) atoms. The summed E-state index contributed by atoms with van der Waals surface area (Å²) in [6, 6.07) is 0. The zero-order chi connectivity index (χ0) is 11.1. The van der Waals surface area contributed by atoms with Gasteiger partial charge in [-0.25, -0.2) is 15.0 Å². The van der Waals surface area contributed by atoms with Crippen LogP contribution in [-0.4, -0.2) is 23.0 Å². The molecule has 0 N–H and O–H groups in total. The number of aliphatic imine (C=N–C) groups is 1. The van der Waals surface area contributed by atoms with Crippen molar-refractivity contribution in [1.82, 2.24) is 9.97 Å². The standard InChI is InChI=1S/C7H7ClN6O/c1-2-15-4-12-5-6(8)10-3-11-7(5)13-14-9/h3-4H,2H2,1H3. The molecule has 1 rings (SSSR count). The van der Waals surface area contributed by atoms with Gasteiger partial charge in [-0.1, -0.05) is 11.6 Å². The molecule has 0 aliphatic heterocycles. The van der Waals surface area contributed by atoms with Gasteiger partial charge in [-0.3, -0.25) is 0 Å². The van der Waals surface area contributed by atoms with Crippen molar-refractivity contribution in [2.24, 2.45) is 10.1 Å². The normalized spacial score (nSPS) is 10.0. The third kappa shape index (κ3) is 3.08. The number of azide groups is 1. The van der Waals surface area contributed by atoms with E-state index in [0.717, 1.165) is 0 Å². The maximum Gasteiger partial charge on any atom is 0.174 e. The van der Waals surface area contributed by atoms with Crippen LogP contribution < -0.4 is 0 Å². The predicted molar refractivity (Wildman–Crippen MR) is 55.6 cm³/mol. The van der Waals surface area contributed by atoms with Crippen molar-refractivity contribution in [2.45, 2.75) is 6.92 Å². The molecule has 0 radical (unpaired) electrons. The Bertz CT molecular complexity index is 414. The van der Waals surface area contributed by atoms with Crippen LogP contribution in [0.3, 0.4) is 0 Å². The van der Waals surface area contributed by atoms with Crippen molar-refractivity contribution in [3.8, 4) is 0 Å². The van der Waals surface area contributed by atoms with Gasteiger partial charge in [0.05, 0.1) is 6.61 Å². The van der Waals surface area contributed by atoms with Crippen molar-refractivity contribution in [3.05, 3.63) is 21.9 Å². The number of aromatic nitrogens is 2. The Labute approximate surface area is 90.4 Å². The summed E-state index contributed by atoms with van der Waals surface area (Å²) in [5.41, 5.74) is 8.46. The molecule has 0 aliphatic carbocycles. The molecule has 1 aromatic heterocycles. The number of rotatable bonds is 4. The maximum atomic E-state index is 8.28. The highest BCUT2D eigenvalue weighted by Gasteiger charge is 2.06. The Morgan fingerprint density at radius 1 is 1.67 bits per heavy atom. The quantitative estimate of drug-likeness (QED) is 0.197. The van der Waals surface area contributed by atoms with Gasteiger partial charge in [0.1, 0.15) is 12.0 Å². The summed E-state index contributed by atoms with van der Waals surface area (Å²) < 4.78 is 4.88. The van der Waals surface area contributed by atoms with Gasteiger partial charge in [0.25, 0.3) is 0 Å². The third-order valence-electron chi connectivity index (χ3n) is 1.32. The minimum Gasteiger partial charge on any atom is -0.483 e. The summed E-state index contributed by atoms with van der Waals surface area (Å²) in [6.45, 7) is 2.29. The minimum atomic E-state index is 0.0634. The second kappa shape index (κ2) is 5.79. The largest absolute Gasteiger partial charge is 0.483 e. The van der Waals surface area contributed by atoms with Crippen LogP contribution in [0.15, 0.2) is 16.4 Å². The number of nitrogens with zero attached hydrogens (tertiary/aromatic N) is 6. The predicted octanol–water partition coefficient (Wildman–Crippen LogP) is 2.77. The Kier molecular flexibility index (Phi) is 4.33. The van der Waals surface area contributed by atoms with E-state index in [9.17, 15) is 0 Å². The Morgan fingerprint density at radius 3 is 3.13 bits per heavy atom. The summed E-state index contributed by atoms with van der Waals surface area (Å²) in [4.78, 5) is 13.9. The van der Waals surface area contributed by atoms with Gasteiger partial charge in [-0.2, -0.15) is 0 Å². The van der Waals surface area contributed by atoms with Crippen LogP contribution in [0.2, 0.25) is 5.15 Å². The molecule has 0 fully saturated rings. The molecule has 0 unspecified atom stereocenters. The van der Waals surface area contributed by atoms with E-state index >= 15 is 0 Å². The van der Waals surface area contributed by atoms with E-state index < -0.39 is 0 Å². The highest BCUT2D eigenvalue weighted by atomic mass is 35.5. The van der Waals surface area contributed by atoms with Gasteiger partial charge in [-0.15, -0.1) is 0 Å². The average molecular weight is 227 g/mol. The Morgan fingerprint density at radius 2 is 2.47 bits per heavy atom. The van der Waals surface area contributed by atoms with E-state index in [4.69, 9.17) is 21.9 Å². The van der Waals surface area contributed by atoms with Crippen LogP contribution in [0, 0.1) is 0 Å². The van der Waals surface area contributed by atoms with Crippen molar-refractivity contribution >= 4 is 29.5 Å². The van der Waals surface area contributed by atoms with Crippen LogP contribution in [0.4, 0.5) is 11.5 Å². The first-order valence-electron chi connectivity index (χ1n) is 3.99.